The second kappa shape index (κ2) is 7.43. The molecule has 0 unspecified atom stereocenters. The van der Waals surface area contributed by atoms with Gasteiger partial charge in [0.2, 0.25) is 0 Å². The van der Waals surface area contributed by atoms with Crippen LogP contribution in [0.5, 0.6) is 0 Å². The van der Waals surface area contributed by atoms with Crippen LogP contribution in [0.2, 0.25) is 10.0 Å². The van der Waals surface area contributed by atoms with Crippen LogP contribution in [0, 0.1) is 0 Å². The Hall–Kier alpha value is -1.36. The van der Waals surface area contributed by atoms with Gasteiger partial charge in [-0.25, -0.2) is 4.98 Å². The van der Waals surface area contributed by atoms with E-state index in [0.717, 1.165) is 5.56 Å². The summed E-state index contributed by atoms with van der Waals surface area (Å²) < 4.78 is 7.32. The lowest BCUT2D eigenvalue weighted by atomic mass is 10.00. The number of ether oxygens (including phenoxy) is 1. The van der Waals surface area contributed by atoms with Gasteiger partial charge in [0.05, 0.1) is 19.8 Å². The van der Waals surface area contributed by atoms with Gasteiger partial charge in [0, 0.05) is 16.0 Å². The maximum absolute atomic E-state index is 6.27. The molecule has 20 heavy (non-hydrogen) atoms. The fraction of sp³-hybridized carbons (Fsp3) is 0.286. The molecule has 0 radical (unpaired) electrons. The summed E-state index contributed by atoms with van der Waals surface area (Å²) in [7, 11) is 0. The Morgan fingerprint density at radius 3 is 2.90 bits per heavy atom. The lowest BCUT2D eigenvalue weighted by Crippen LogP contribution is -2.16. The van der Waals surface area contributed by atoms with Crippen molar-refractivity contribution in [1.29, 1.82) is 0 Å². The molecule has 0 bridgehead atoms. The first-order valence-electron chi connectivity index (χ1n) is 6.16. The number of hydrogen-bond donors (Lipinski definition) is 0. The summed E-state index contributed by atoms with van der Waals surface area (Å²) in [5, 5.41) is 5.36. The van der Waals surface area contributed by atoms with Crippen molar-refractivity contribution in [2.75, 3.05) is 13.2 Å². The molecule has 4 nitrogen and oxygen atoms in total. The summed E-state index contributed by atoms with van der Waals surface area (Å²) in [6, 6.07) is 5.48. The summed E-state index contributed by atoms with van der Waals surface area (Å²) in [6.45, 7) is 5.30. The maximum atomic E-state index is 6.27. The largest absolute Gasteiger partial charge is 0.377 e. The van der Waals surface area contributed by atoms with Crippen molar-refractivity contribution in [3.63, 3.8) is 0 Å². The minimum absolute atomic E-state index is 0.0708. The van der Waals surface area contributed by atoms with Crippen LogP contribution in [0.1, 0.15) is 11.5 Å². The summed E-state index contributed by atoms with van der Waals surface area (Å²) in [4.78, 5) is 3.94. The van der Waals surface area contributed by atoms with Gasteiger partial charge < -0.3 is 4.74 Å². The Morgan fingerprint density at radius 2 is 2.25 bits per heavy atom. The van der Waals surface area contributed by atoms with Crippen LogP contribution < -0.4 is 0 Å². The van der Waals surface area contributed by atoms with Gasteiger partial charge in [-0.15, -0.1) is 6.58 Å². The second-order valence-corrected chi connectivity index (χ2v) is 5.15. The molecule has 1 atom stereocenters. The molecule has 0 aliphatic heterocycles. The number of benzene rings is 1. The van der Waals surface area contributed by atoms with Crippen molar-refractivity contribution >= 4 is 23.2 Å². The quantitative estimate of drug-likeness (QED) is 0.579. The van der Waals surface area contributed by atoms with E-state index in [1.165, 1.54) is 6.33 Å². The molecule has 0 aliphatic carbocycles. The Bertz CT molecular complexity index is 558. The number of aromatic nitrogens is 3. The van der Waals surface area contributed by atoms with Gasteiger partial charge in [0.15, 0.2) is 0 Å². The van der Waals surface area contributed by atoms with E-state index in [2.05, 4.69) is 16.7 Å². The Balaban J connectivity index is 2.17. The lowest BCUT2D eigenvalue weighted by molar-refractivity contribution is 0.139. The molecule has 1 aromatic carbocycles. The predicted molar refractivity (Wildman–Crippen MR) is 80.2 cm³/mol. The monoisotopic (exact) mass is 311 g/mol. The first kappa shape index (κ1) is 15.0. The van der Waals surface area contributed by atoms with Crippen LogP contribution in [0.4, 0.5) is 0 Å². The van der Waals surface area contributed by atoms with Crippen LogP contribution in [0.3, 0.4) is 0 Å². The van der Waals surface area contributed by atoms with Crippen LogP contribution in [0.25, 0.3) is 0 Å². The van der Waals surface area contributed by atoms with E-state index in [1.54, 1.807) is 23.2 Å². The molecule has 1 aromatic heterocycles. The minimum atomic E-state index is 0.0708. The van der Waals surface area contributed by atoms with Crippen molar-refractivity contribution in [2.45, 2.75) is 12.5 Å². The van der Waals surface area contributed by atoms with Gasteiger partial charge in [-0.2, -0.15) is 5.10 Å². The fourth-order valence-electron chi connectivity index (χ4n) is 1.92. The average molecular weight is 312 g/mol. The van der Waals surface area contributed by atoms with Gasteiger partial charge in [0.1, 0.15) is 12.7 Å². The highest BCUT2D eigenvalue weighted by atomic mass is 35.5. The molecule has 0 N–H and O–H groups in total. The first-order valence-corrected chi connectivity index (χ1v) is 6.92. The van der Waals surface area contributed by atoms with Gasteiger partial charge in [-0.05, 0) is 17.7 Å². The third-order valence-electron chi connectivity index (χ3n) is 2.83. The van der Waals surface area contributed by atoms with Crippen LogP contribution in [-0.2, 0) is 11.3 Å². The van der Waals surface area contributed by atoms with E-state index in [-0.39, 0.29) is 5.92 Å². The molecule has 0 saturated carbocycles. The predicted octanol–water partition coefficient (Wildman–Crippen LogP) is 3.57. The van der Waals surface area contributed by atoms with Crippen molar-refractivity contribution in [1.82, 2.24) is 14.8 Å². The number of halogens is 2. The molecule has 0 amide bonds. The Kier molecular flexibility index (Phi) is 5.59. The summed E-state index contributed by atoms with van der Waals surface area (Å²) in [6.07, 6.45) is 4.89. The third kappa shape index (κ3) is 4.07. The van der Waals surface area contributed by atoms with Crippen molar-refractivity contribution in [3.05, 3.63) is 59.1 Å². The van der Waals surface area contributed by atoms with Crippen molar-refractivity contribution < 1.29 is 4.74 Å². The molecule has 0 aliphatic rings. The zero-order valence-electron chi connectivity index (χ0n) is 10.9. The summed E-state index contributed by atoms with van der Waals surface area (Å²) in [5.74, 6) is 0.0708. The highest BCUT2D eigenvalue weighted by Gasteiger charge is 2.16. The molecule has 2 aromatic rings. The molecule has 0 fully saturated rings. The summed E-state index contributed by atoms with van der Waals surface area (Å²) >= 11 is 12.2. The van der Waals surface area contributed by atoms with Crippen LogP contribution in [-0.4, -0.2) is 28.0 Å². The molecular weight excluding hydrogens is 297 g/mol. The molecule has 0 spiro atoms. The smallest absolute Gasteiger partial charge is 0.137 e. The van der Waals surface area contributed by atoms with E-state index in [1.807, 2.05) is 12.1 Å². The standard InChI is InChI=1S/C14H15Cl2N3O/c1-2-5-20-8-11(7-19-10-17-9-18-19)13-4-3-12(15)6-14(13)16/h2-4,6,9-11H,1,5,7-8H2/t11-/m0/s1. The third-order valence-corrected chi connectivity index (χ3v) is 3.39. The molecule has 2 rings (SSSR count). The highest BCUT2D eigenvalue weighted by molar-refractivity contribution is 6.35. The number of nitrogens with zero attached hydrogens (tertiary/aromatic N) is 3. The van der Waals surface area contributed by atoms with Crippen molar-refractivity contribution in [2.24, 2.45) is 0 Å². The van der Waals surface area contributed by atoms with Gasteiger partial charge in [-0.1, -0.05) is 35.3 Å². The SMILES string of the molecule is C=CCOC[C@H](Cn1cncn1)c1ccc(Cl)cc1Cl. The van der Waals surface area contributed by atoms with Crippen LogP contribution >= 0.6 is 23.2 Å². The van der Waals surface area contributed by atoms with Gasteiger partial charge >= 0.3 is 0 Å². The zero-order chi connectivity index (χ0) is 14.4. The van der Waals surface area contributed by atoms with Crippen LogP contribution in [0.15, 0.2) is 43.5 Å². The molecule has 1 heterocycles. The lowest BCUT2D eigenvalue weighted by Gasteiger charge is -2.18. The Morgan fingerprint density at radius 1 is 1.40 bits per heavy atom. The summed E-state index contributed by atoms with van der Waals surface area (Å²) in [5.41, 5.74) is 0.982. The van der Waals surface area contributed by atoms with Crippen molar-refractivity contribution in [3.8, 4) is 0 Å². The molecule has 6 heteroatoms. The maximum Gasteiger partial charge on any atom is 0.137 e. The van der Waals surface area contributed by atoms with E-state index < -0.39 is 0 Å². The number of hydrogen-bond acceptors (Lipinski definition) is 3. The fourth-order valence-corrected chi connectivity index (χ4v) is 2.48. The molecule has 0 saturated heterocycles. The minimum Gasteiger partial charge on any atom is -0.377 e. The van der Waals surface area contributed by atoms with E-state index in [4.69, 9.17) is 27.9 Å². The average Bonchev–Trinajstić information content (AvgIpc) is 2.91. The second-order valence-electron chi connectivity index (χ2n) is 4.31. The zero-order valence-corrected chi connectivity index (χ0v) is 12.4. The topological polar surface area (TPSA) is 39.9 Å². The normalized spacial score (nSPS) is 12.3. The number of rotatable bonds is 7. The first-order chi connectivity index (χ1) is 9.70. The molecular formula is C14H15Cl2N3O. The van der Waals surface area contributed by atoms with E-state index in [9.17, 15) is 0 Å². The van der Waals surface area contributed by atoms with E-state index >= 15 is 0 Å². The highest BCUT2D eigenvalue weighted by Crippen LogP contribution is 2.28. The van der Waals surface area contributed by atoms with E-state index in [0.29, 0.717) is 29.8 Å². The molecule has 106 valence electrons. The Labute approximate surface area is 128 Å². The van der Waals surface area contributed by atoms with Gasteiger partial charge in [-0.3, -0.25) is 4.68 Å². The van der Waals surface area contributed by atoms with Gasteiger partial charge in [0.25, 0.3) is 0 Å².